The molecule has 15 heavy (non-hydrogen) atoms. The summed E-state index contributed by atoms with van der Waals surface area (Å²) in [6.07, 6.45) is 2.60. The first kappa shape index (κ1) is 11.4. The van der Waals surface area contributed by atoms with Crippen molar-refractivity contribution in [3.05, 3.63) is 0 Å². The summed E-state index contributed by atoms with van der Waals surface area (Å²) in [7, 11) is 2.23. The van der Waals surface area contributed by atoms with E-state index < -0.39 is 0 Å². The minimum atomic E-state index is 0.305. The van der Waals surface area contributed by atoms with Crippen LogP contribution >= 0.6 is 0 Å². The average Bonchev–Trinajstić information content (AvgIpc) is 2.55. The maximum Gasteiger partial charge on any atom is 0.0490 e. The van der Waals surface area contributed by atoms with Gasteiger partial charge in [-0.25, -0.2) is 0 Å². The second-order valence-corrected chi connectivity index (χ2v) is 6.29. The number of piperidine rings is 1. The third-order valence-corrected chi connectivity index (χ3v) is 4.03. The summed E-state index contributed by atoms with van der Waals surface area (Å²) in [6, 6.07) is 0. The molecule has 0 unspecified atom stereocenters. The molecule has 0 aromatic carbocycles. The van der Waals surface area contributed by atoms with E-state index in [0.29, 0.717) is 11.1 Å². The Morgan fingerprint density at radius 2 is 1.73 bits per heavy atom. The van der Waals surface area contributed by atoms with Gasteiger partial charge in [0.1, 0.15) is 0 Å². The van der Waals surface area contributed by atoms with E-state index in [1.807, 2.05) is 0 Å². The van der Waals surface area contributed by atoms with Crippen molar-refractivity contribution in [3.8, 4) is 0 Å². The number of nitrogens with zero attached hydrogens (tertiary/aromatic N) is 2. The summed E-state index contributed by atoms with van der Waals surface area (Å²) in [4.78, 5) is 5.00. The molecule has 2 rings (SSSR count). The van der Waals surface area contributed by atoms with Gasteiger partial charge in [0, 0.05) is 24.3 Å². The van der Waals surface area contributed by atoms with Crippen molar-refractivity contribution in [2.75, 3.05) is 33.4 Å². The van der Waals surface area contributed by atoms with E-state index >= 15 is 0 Å². The molecule has 0 radical (unpaired) electrons. The largest absolute Gasteiger partial charge is 0.306 e. The number of nitrogens with one attached hydrogen (secondary N) is 1. The average molecular weight is 211 g/mol. The number of likely N-dealkylation sites (tertiary alicyclic amines) is 1. The highest BCUT2D eigenvalue weighted by atomic mass is 15.4. The summed E-state index contributed by atoms with van der Waals surface area (Å²) < 4.78 is 0. The monoisotopic (exact) mass is 211 g/mol. The lowest BCUT2D eigenvalue weighted by Crippen LogP contribution is -2.51. The zero-order valence-corrected chi connectivity index (χ0v) is 10.6. The Balaban J connectivity index is 1.97. The summed E-state index contributed by atoms with van der Waals surface area (Å²) in [5.41, 5.74) is 0.722. The van der Waals surface area contributed by atoms with E-state index in [0.717, 1.165) is 6.67 Å². The van der Waals surface area contributed by atoms with Crippen molar-refractivity contribution >= 4 is 0 Å². The molecule has 0 aliphatic carbocycles. The van der Waals surface area contributed by atoms with Crippen molar-refractivity contribution in [2.24, 2.45) is 0 Å². The Bertz CT molecular complexity index is 224. The highest BCUT2D eigenvalue weighted by Crippen LogP contribution is 2.29. The van der Waals surface area contributed by atoms with Crippen molar-refractivity contribution < 1.29 is 0 Å². The molecule has 1 spiro atoms. The van der Waals surface area contributed by atoms with E-state index in [1.54, 1.807) is 0 Å². The minimum absolute atomic E-state index is 0.305. The highest BCUT2D eigenvalue weighted by Gasteiger charge is 2.42. The van der Waals surface area contributed by atoms with E-state index in [1.165, 1.54) is 32.5 Å². The first-order valence-electron chi connectivity index (χ1n) is 6.10. The fourth-order valence-corrected chi connectivity index (χ4v) is 2.60. The molecule has 1 N–H and O–H groups in total. The van der Waals surface area contributed by atoms with Crippen LogP contribution in [0.1, 0.15) is 33.6 Å². The van der Waals surface area contributed by atoms with Gasteiger partial charge in [-0.05, 0) is 53.8 Å². The van der Waals surface area contributed by atoms with Gasteiger partial charge in [-0.3, -0.25) is 10.2 Å². The van der Waals surface area contributed by atoms with E-state index in [4.69, 9.17) is 0 Å². The molecule has 3 nitrogen and oxygen atoms in total. The van der Waals surface area contributed by atoms with Gasteiger partial charge < -0.3 is 4.90 Å². The molecule has 0 atom stereocenters. The van der Waals surface area contributed by atoms with Crippen molar-refractivity contribution in [2.45, 2.75) is 44.7 Å². The fourth-order valence-electron chi connectivity index (χ4n) is 2.60. The van der Waals surface area contributed by atoms with Crippen LogP contribution in [0.5, 0.6) is 0 Å². The Kier molecular flexibility index (Phi) is 2.82. The van der Waals surface area contributed by atoms with Crippen LogP contribution < -0.4 is 5.32 Å². The third-order valence-electron chi connectivity index (χ3n) is 4.03. The second kappa shape index (κ2) is 3.72. The standard InChI is InChI=1S/C12H25N3/c1-11(2,3)15-9-12(13-10-15)5-7-14(4)8-6-12/h13H,5-10H2,1-4H3. The Morgan fingerprint density at radius 1 is 1.13 bits per heavy atom. The van der Waals surface area contributed by atoms with Gasteiger partial charge in [0.05, 0.1) is 0 Å². The van der Waals surface area contributed by atoms with Crippen LogP contribution in [-0.2, 0) is 0 Å². The van der Waals surface area contributed by atoms with Gasteiger partial charge in [-0.15, -0.1) is 0 Å². The van der Waals surface area contributed by atoms with Crippen LogP contribution in [-0.4, -0.2) is 54.2 Å². The van der Waals surface area contributed by atoms with Crippen LogP contribution in [0, 0.1) is 0 Å². The van der Waals surface area contributed by atoms with Gasteiger partial charge in [0.15, 0.2) is 0 Å². The molecule has 2 aliphatic heterocycles. The minimum Gasteiger partial charge on any atom is -0.306 e. The van der Waals surface area contributed by atoms with Gasteiger partial charge >= 0.3 is 0 Å². The predicted molar refractivity (Wildman–Crippen MR) is 63.9 cm³/mol. The lowest BCUT2D eigenvalue weighted by molar-refractivity contribution is 0.138. The zero-order chi connectivity index (χ0) is 11.1. The summed E-state index contributed by atoms with van der Waals surface area (Å²) in [5, 5.41) is 3.75. The SMILES string of the molecule is CN1CCC2(CC1)CN(C(C)(C)C)CN2. The smallest absolute Gasteiger partial charge is 0.0490 e. The lowest BCUT2D eigenvalue weighted by Gasteiger charge is -2.39. The molecule has 2 saturated heterocycles. The van der Waals surface area contributed by atoms with Crippen molar-refractivity contribution in [3.63, 3.8) is 0 Å². The molecular weight excluding hydrogens is 186 g/mol. The number of rotatable bonds is 0. The van der Waals surface area contributed by atoms with Crippen LogP contribution in [0.3, 0.4) is 0 Å². The Hall–Kier alpha value is -0.120. The quantitative estimate of drug-likeness (QED) is 0.647. The highest BCUT2D eigenvalue weighted by molar-refractivity contribution is 5.01. The van der Waals surface area contributed by atoms with E-state index in [-0.39, 0.29) is 0 Å². The second-order valence-electron chi connectivity index (χ2n) is 6.29. The van der Waals surface area contributed by atoms with Gasteiger partial charge in [-0.2, -0.15) is 0 Å². The Labute approximate surface area is 93.8 Å². The van der Waals surface area contributed by atoms with Crippen LogP contribution in [0.4, 0.5) is 0 Å². The molecular formula is C12H25N3. The molecule has 2 fully saturated rings. The normalized spacial score (nSPS) is 28.8. The summed E-state index contributed by atoms with van der Waals surface area (Å²) in [5.74, 6) is 0. The van der Waals surface area contributed by atoms with Gasteiger partial charge in [-0.1, -0.05) is 0 Å². The number of hydrogen-bond acceptors (Lipinski definition) is 3. The van der Waals surface area contributed by atoms with E-state index in [9.17, 15) is 0 Å². The van der Waals surface area contributed by atoms with Crippen molar-refractivity contribution in [1.29, 1.82) is 0 Å². The van der Waals surface area contributed by atoms with Crippen LogP contribution in [0.15, 0.2) is 0 Å². The van der Waals surface area contributed by atoms with Crippen LogP contribution in [0.25, 0.3) is 0 Å². The van der Waals surface area contributed by atoms with E-state index in [2.05, 4.69) is 42.9 Å². The molecule has 0 amide bonds. The summed E-state index contributed by atoms with van der Waals surface area (Å²) in [6.45, 7) is 11.7. The first-order valence-corrected chi connectivity index (χ1v) is 6.10. The molecule has 0 aromatic rings. The molecule has 0 bridgehead atoms. The maximum atomic E-state index is 3.75. The predicted octanol–water partition coefficient (Wildman–Crippen LogP) is 1.11. The third kappa shape index (κ3) is 2.35. The molecule has 2 heterocycles. The molecule has 2 aliphatic rings. The molecule has 0 saturated carbocycles. The first-order chi connectivity index (χ1) is 6.91. The molecule has 3 heteroatoms. The lowest BCUT2D eigenvalue weighted by atomic mass is 9.88. The Morgan fingerprint density at radius 3 is 2.20 bits per heavy atom. The van der Waals surface area contributed by atoms with Gasteiger partial charge in [0.2, 0.25) is 0 Å². The zero-order valence-electron chi connectivity index (χ0n) is 10.6. The van der Waals surface area contributed by atoms with Gasteiger partial charge in [0.25, 0.3) is 0 Å². The summed E-state index contributed by atoms with van der Waals surface area (Å²) >= 11 is 0. The maximum absolute atomic E-state index is 3.75. The van der Waals surface area contributed by atoms with Crippen LogP contribution in [0.2, 0.25) is 0 Å². The van der Waals surface area contributed by atoms with Crippen molar-refractivity contribution in [1.82, 2.24) is 15.1 Å². The molecule has 0 aromatic heterocycles. The topological polar surface area (TPSA) is 18.5 Å². The number of hydrogen-bond donors (Lipinski definition) is 1. The fraction of sp³-hybridized carbons (Fsp3) is 1.00. The molecule has 88 valence electrons.